The fraction of sp³-hybridized carbons (Fsp3) is 0.286. The standard InChI is InChI=1S/C14H15BrFNS/c1-2-9-5-6-18-14(9)13(17)8-10-7-11(15)3-4-12(10)16/h3-7,13H,2,8,17H2,1H3. The molecule has 1 unspecified atom stereocenters. The molecule has 2 rings (SSSR count). The molecule has 0 radical (unpaired) electrons. The van der Waals surface area contributed by atoms with Crippen molar-refractivity contribution in [2.75, 3.05) is 0 Å². The molecule has 1 aromatic heterocycles. The second kappa shape index (κ2) is 5.95. The topological polar surface area (TPSA) is 26.0 Å². The fourth-order valence-corrected chi connectivity index (χ4v) is 3.40. The zero-order valence-electron chi connectivity index (χ0n) is 10.1. The van der Waals surface area contributed by atoms with E-state index in [0.29, 0.717) is 12.0 Å². The molecule has 1 aromatic carbocycles. The number of halogens is 2. The molecule has 4 heteroatoms. The van der Waals surface area contributed by atoms with Crippen molar-refractivity contribution in [2.24, 2.45) is 5.73 Å². The smallest absolute Gasteiger partial charge is 0.126 e. The fourth-order valence-electron chi connectivity index (χ4n) is 1.99. The molecule has 18 heavy (non-hydrogen) atoms. The quantitative estimate of drug-likeness (QED) is 0.881. The summed E-state index contributed by atoms with van der Waals surface area (Å²) in [6.07, 6.45) is 1.49. The van der Waals surface area contributed by atoms with Crippen LogP contribution < -0.4 is 5.73 Å². The third-order valence-corrected chi connectivity index (χ3v) is 4.53. The normalized spacial score (nSPS) is 12.7. The summed E-state index contributed by atoms with van der Waals surface area (Å²) in [5, 5.41) is 2.05. The predicted molar refractivity (Wildman–Crippen MR) is 78.4 cm³/mol. The van der Waals surface area contributed by atoms with Crippen molar-refractivity contribution in [1.29, 1.82) is 0 Å². The number of hydrogen-bond acceptors (Lipinski definition) is 2. The van der Waals surface area contributed by atoms with Gasteiger partial charge in [0.25, 0.3) is 0 Å². The Kier molecular flexibility index (Phi) is 4.54. The van der Waals surface area contributed by atoms with Crippen LogP contribution >= 0.6 is 27.3 Å². The highest BCUT2D eigenvalue weighted by atomic mass is 79.9. The average Bonchev–Trinajstić information content (AvgIpc) is 2.82. The first-order valence-electron chi connectivity index (χ1n) is 5.87. The van der Waals surface area contributed by atoms with Crippen LogP contribution in [0.2, 0.25) is 0 Å². The maximum Gasteiger partial charge on any atom is 0.126 e. The molecule has 0 fully saturated rings. The van der Waals surface area contributed by atoms with E-state index in [0.717, 1.165) is 15.8 Å². The lowest BCUT2D eigenvalue weighted by atomic mass is 10.0. The molecular formula is C14H15BrFNS. The van der Waals surface area contributed by atoms with Gasteiger partial charge in [0.1, 0.15) is 5.82 Å². The summed E-state index contributed by atoms with van der Waals surface area (Å²) in [5.74, 6) is -0.191. The van der Waals surface area contributed by atoms with Crippen LogP contribution in [0.1, 0.15) is 29.0 Å². The van der Waals surface area contributed by atoms with Gasteiger partial charge >= 0.3 is 0 Å². The van der Waals surface area contributed by atoms with Gasteiger partial charge in [0, 0.05) is 15.4 Å². The first kappa shape index (κ1) is 13.7. The van der Waals surface area contributed by atoms with Gasteiger partial charge < -0.3 is 5.73 Å². The van der Waals surface area contributed by atoms with Crippen LogP contribution in [-0.4, -0.2) is 0 Å². The Balaban J connectivity index is 2.21. The first-order valence-corrected chi connectivity index (χ1v) is 7.54. The summed E-state index contributed by atoms with van der Waals surface area (Å²) in [5.41, 5.74) is 8.12. The highest BCUT2D eigenvalue weighted by molar-refractivity contribution is 9.10. The van der Waals surface area contributed by atoms with Gasteiger partial charge in [-0.2, -0.15) is 0 Å². The van der Waals surface area contributed by atoms with Crippen molar-refractivity contribution in [3.63, 3.8) is 0 Å². The zero-order chi connectivity index (χ0) is 13.1. The van der Waals surface area contributed by atoms with Crippen molar-refractivity contribution in [1.82, 2.24) is 0 Å². The molecule has 2 aromatic rings. The van der Waals surface area contributed by atoms with Gasteiger partial charge in [-0.05, 0) is 53.6 Å². The number of aryl methyl sites for hydroxylation is 1. The Bertz CT molecular complexity index is 538. The Morgan fingerprint density at radius 3 is 2.83 bits per heavy atom. The molecule has 0 aliphatic carbocycles. The highest BCUT2D eigenvalue weighted by Gasteiger charge is 2.14. The number of hydrogen-bond donors (Lipinski definition) is 1. The second-order valence-electron chi connectivity index (χ2n) is 4.21. The summed E-state index contributed by atoms with van der Waals surface area (Å²) in [6.45, 7) is 2.11. The lowest BCUT2D eigenvalue weighted by molar-refractivity contribution is 0.594. The van der Waals surface area contributed by atoms with Crippen LogP contribution in [0.15, 0.2) is 34.1 Å². The highest BCUT2D eigenvalue weighted by Crippen LogP contribution is 2.27. The van der Waals surface area contributed by atoms with Gasteiger partial charge in [0.05, 0.1) is 0 Å². The maximum atomic E-state index is 13.7. The number of thiophene rings is 1. The Morgan fingerprint density at radius 2 is 2.11 bits per heavy atom. The van der Waals surface area contributed by atoms with E-state index < -0.39 is 0 Å². The van der Waals surface area contributed by atoms with Gasteiger partial charge in [-0.1, -0.05) is 22.9 Å². The third kappa shape index (κ3) is 2.99. The molecule has 0 bridgehead atoms. The summed E-state index contributed by atoms with van der Waals surface area (Å²) < 4.78 is 14.6. The van der Waals surface area contributed by atoms with Crippen molar-refractivity contribution in [3.8, 4) is 0 Å². The van der Waals surface area contributed by atoms with Crippen molar-refractivity contribution in [2.45, 2.75) is 25.8 Å². The molecule has 1 nitrogen and oxygen atoms in total. The molecule has 96 valence electrons. The maximum absolute atomic E-state index is 13.7. The van der Waals surface area contributed by atoms with E-state index in [9.17, 15) is 4.39 Å². The van der Waals surface area contributed by atoms with Gasteiger partial charge in [0.15, 0.2) is 0 Å². The van der Waals surface area contributed by atoms with Crippen LogP contribution in [0.25, 0.3) is 0 Å². The van der Waals surface area contributed by atoms with E-state index in [1.54, 1.807) is 23.5 Å². The first-order chi connectivity index (χ1) is 8.61. The molecule has 1 heterocycles. The van der Waals surface area contributed by atoms with Gasteiger partial charge in [0.2, 0.25) is 0 Å². The third-order valence-electron chi connectivity index (χ3n) is 2.95. The predicted octanol–water partition coefficient (Wildman–Crippen LogP) is 4.45. The summed E-state index contributed by atoms with van der Waals surface area (Å²) >= 11 is 5.01. The number of benzene rings is 1. The number of nitrogens with two attached hydrogens (primary N) is 1. The minimum Gasteiger partial charge on any atom is -0.323 e. The lowest BCUT2D eigenvalue weighted by Gasteiger charge is -2.13. The van der Waals surface area contributed by atoms with Crippen LogP contribution in [0, 0.1) is 5.82 Å². The van der Waals surface area contributed by atoms with E-state index in [2.05, 4.69) is 28.9 Å². The lowest BCUT2D eigenvalue weighted by Crippen LogP contribution is -2.14. The molecule has 2 N–H and O–H groups in total. The van der Waals surface area contributed by atoms with Gasteiger partial charge in [-0.3, -0.25) is 0 Å². The molecule has 0 saturated carbocycles. The van der Waals surface area contributed by atoms with E-state index in [-0.39, 0.29) is 11.9 Å². The largest absolute Gasteiger partial charge is 0.323 e. The summed E-state index contributed by atoms with van der Waals surface area (Å²) in [7, 11) is 0. The molecule has 0 saturated heterocycles. The van der Waals surface area contributed by atoms with Crippen LogP contribution in [0.5, 0.6) is 0 Å². The van der Waals surface area contributed by atoms with Crippen molar-refractivity contribution in [3.05, 3.63) is 55.9 Å². The Morgan fingerprint density at radius 1 is 1.33 bits per heavy atom. The minimum atomic E-state index is -0.191. The molecule has 1 atom stereocenters. The van der Waals surface area contributed by atoms with Crippen LogP contribution in [0.4, 0.5) is 4.39 Å². The van der Waals surface area contributed by atoms with Crippen molar-refractivity contribution < 1.29 is 4.39 Å². The van der Waals surface area contributed by atoms with Gasteiger partial charge in [-0.25, -0.2) is 4.39 Å². The Labute approximate surface area is 119 Å². The van der Waals surface area contributed by atoms with Gasteiger partial charge in [-0.15, -0.1) is 11.3 Å². The molecule has 0 aliphatic rings. The van der Waals surface area contributed by atoms with E-state index in [4.69, 9.17) is 5.73 Å². The summed E-state index contributed by atoms with van der Waals surface area (Å²) in [6, 6.07) is 6.93. The average molecular weight is 328 g/mol. The van der Waals surface area contributed by atoms with E-state index in [1.807, 2.05) is 5.38 Å². The Hall–Kier alpha value is -0.710. The zero-order valence-corrected chi connectivity index (χ0v) is 12.5. The SMILES string of the molecule is CCc1ccsc1C(N)Cc1cc(Br)ccc1F. The van der Waals surface area contributed by atoms with Crippen molar-refractivity contribution >= 4 is 27.3 Å². The number of rotatable bonds is 4. The monoisotopic (exact) mass is 327 g/mol. The second-order valence-corrected chi connectivity index (χ2v) is 6.07. The molecular weight excluding hydrogens is 313 g/mol. The molecule has 0 spiro atoms. The van der Waals surface area contributed by atoms with E-state index in [1.165, 1.54) is 11.6 Å². The van der Waals surface area contributed by atoms with Crippen LogP contribution in [-0.2, 0) is 12.8 Å². The molecule has 0 aliphatic heterocycles. The molecule has 0 amide bonds. The van der Waals surface area contributed by atoms with Crippen LogP contribution in [0.3, 0.4) is 0 Å². The summed E-state index contributed by atoms with van der Waals surface area (Å²) in [4.78, 5) is 1.16. The van der Waals surface area contributed by atoms with E-state index >= 15 is 0 Å². The minimum absolute atomic E-state index is 0.135.